The van der Waals surface area contributed by atoms with Gasteiger partial charge in [-0.05, 0) is 56.8 Å². The van der Waals surface area contributed by atoms with Crippen LogP contribution in [0.25, 0.3) is 0 Å². The summed E-state index contributed by atoms with van der Waals surface area (Å²) in [5.74, 6) is -0.00509. The molecule has 1 saturated carbocycles. The van der Waals surface area contributed by atoms with Crippen LogP contribution in [0, 0.1) is 0 Å². The summed E-state index contributed by atoms with van der Waals surface area (Å²) in [6.45, 7) is 0.373. The van der Waals surface area contributed by atoms with E-state index in [2.05, 4.69) is 42.5 Å². The highest BCUT2D eigenvalue weighted by Crippen LogP contribution is 2.30. The highest BCUT2D eigenvalue weighted by atomic mass is 79.9. The van der Waals surface area contributed by atoms with E-state index in [4.69, 9.17) is 0 Å². The lowest BCUT2D eigenvalue weighted by Gasteiger charge is -2.13. The predicted octanol–water partition coefficient (Wildman–Crippen LogP) is 3.68. The Bertz CT molecular complexity index is 411. The fourth-order valence-electron chi connectivity index (χ4n) is 2.17. The molecule has 1 aromatic carbocycles. The summed E-state index contributed by atoms with van der Waals surface area (Å²) in [5, 5.41) is 6.21. The molecular formula is C13H16Br2N2O. The van der Waals surface area contributed by atoms with Crippen molar-refractivity contribution in [1.82, 2.24) is 5.32 Å². The SMILES string of the molecule is O=C(CNC1CCCC1)Nc1c(Br)cccc1Br. The second-order valence-electron chi connectivity index (χ2n) is 4.51. The van der Waals surface area contributed by atoms with Crippen LogP contribution in [-0.2, 0) is 4.79 Å². The fourth-order valence-corrected chi connectivity index (χ4v) is 3.36. The van der Waals surface area contributed by atoms with Crippen LogP contribution >= 0.6 is 31.9 Å². The molecule has 2 rings (SSSR count). The van der Waals surface area contributed by atoms with Crippen molar-refractivity contribution < 1.29 is 4.79 Å². The first-order chi connectivity index (χ1) is 8.66. The van der Waals surface area contributed by atoms with E-state index in [1.165, 1.54) is 25.7 Å². The van der Waals surface area contributed by atoms with Gasteiger partial charge in [-0.2, -0.15) is 0 Å². The summed E-state index contributed by atoms with van der Waals surface area (Å²) in [6.07, 6.45) is 4.92. The van der Waals surface area contributed by atoms with Crippen molar-refractivity contribution in [1.29, 1.82) is 0 Å². The van der Waals surface area contributed by atoms with Crippen LogP contribution in [0.1, 0.15) is 25.7 Å². The van der Waals surface area contributed by atoms with Gasteiger partial charge < -0.3 is 10.6 Å². The number of amides is 1. The Labute approximate surface area is 124 Å². The number of benzene rings is 1. The van der Waals surface area contributed by atoms with E-state index in [0.29, 0.717) is 12.6 Å². The lowest BCUT2D eigenvalue weighted by atomic mass is 10.2. The molecule has 0 atom stereocenters. The quantitative estimate of drug-likeness (QED) is 0.842. The number of halogens is 2. The predicted molar refractivity (Wildman–Crippen MR) is 80.7 cm³/mol. The largest absolute Gasteiger partial charge is 0.323 e. The van der Waals surface area contributed by atoms with Crippen LogP contribution in [0.2, 0.25) is 0 Å². The van der Waals surface area contributed by atoms with Gasteiger partial charge in [0.05, 0.1) is 12.2 Å². The molecule has 0 heterocycles. The minimum Gasteiger partial charge on any atom is -0.323 e. The van der Waals surface area contributed by atoms with E-state index >= 15 is 0 Å². The van der Waals surface area contributed by atoms with Gasteiger partial charge in [0.1, 0.15) is 0 Å². The van der Waals surface area contributed by atoms with Crippen molar-refractivity contribution in [2.45, 2.75) is 31.7 Å². The van der Waals surface area contributed by atoms with Gasteiger partial charge in [0.2, 0.25) is 5.91 Å². The molecule has 1 aromatic rings. The minimum atomic E-state index is -0.00509. The molecule has 0 unspecified atom stereocenters. The van der Waals surface area contributed by atoms with Gasteiger partial charge in [0.25, 0.3) is 0 Å². The number of nitrogens with one attached hydrogen (secondary N) is 2. The molecule has 1 fully saturated rings. The molecule has 3 nitrogen and oxygen atoms in total. The van der Waals surface area contributed by atoms with E-state index < -0.39 is 0 Å². The third kappa shape index (κ3) is 3.80. The summed E-state index contributed by atoms with van der Waals surface area (Å²) in [6, 6.07) is 6.24. The lowest BCUT2D eigenvalue weighted by Crippen LogP contribution is -2.34. The second kappa shape index (κ2) is 6.68. The Morgan fingerprint density at radius 2 is 1.83 bits per heavy atom. The summed E-state index contributed by atoms with van der Waals surface area (Å²) in [4.78, 5) is 11.9. The molecule has 0 spiro atoms. The zero-order chi connectivity index (χ0) is 13.0. The van der Waals surface area contributed by atoms with Gasteiger partial charge in [0, 0.05) is 15.0 Å². The molecule has 1 aliphatic carbocycles. The van der Waals surface area contributed by atoms with Crippen molar-refractivity contribution in [3.05, 3.63) is 27.1 Å². The number of anilines is 1. The third-order valence-corrected chi connectivity index (χ3v) is 4.46. The molecule has 2 N–H and O–H groups in total. The molecule has 18 heavy (non-hydrogen) atoms. The van der Waals surface area contributed by atoms with E-state index in [-0.39, 0.29) is 5.91 Å². The van der Waals surface area contributed by atoms with Crippen LogP contribution in [0.5, 0.6) is 0 Å². The van der Waals surface area contributed by atoms with Gasteiger partial charge in [0.15, 0.2) is 0 Å². The molecule has 0 aliphatic heterocycles. The molecule has 1 aliphatic rings. The minimum absolute atomic E-state index is 0.00509. The van der Waals surface area contributed by atoms with Crippen LogP contribution in [0.15, 0.2) is 27.1 Å². The van der Waals surface area contributed by atoms with Gasteiger partial charge in [-0.15, -0.1) is 0 Å². The molecule has 0 aromatic heterocycles. The number of carbonyl (C=O) groups excluding carboxylic acids is 1. The van der Waals surface area contributed by atoms with Crippen molar-refractivity contribution in [2.24, 2.45) is 0 Å². The van der Waals surface area contributed by atoms with E-state index in [0.717, 1.165) is 14.6 Å². The van der Waals surface area contributed by atoms with E-state index in [1.807, 2.05) is 18.2 Å². The Morgan fingerprint density at radius 3 is 2.44 bits per heavy atom. The Balaban J connectivity index is 1.86. The smallest absolute Gasteiger partial charge is 0.238 e. The zero-order valence-corrected chi connectivity index (χ0v) is 13.2. The molecule has 98 valence electrons. The number of carbonyl (C=O) groups is 1. The second-order valence-corrected chi connectivity index (χ2v) is 6.22. The van der Waals surface area contributed by atoms with Crippen molar-refractivity contribution in [3.8, 4) is 0 Å². The maximum absolute atomic E-state index is 11.9. The number of rotatable bonds is 4. The monoisotopic (exact) mass is 374 g/mol. The summed E-state index contributed by atoms with van der Waals surface area (Å²) in [7, 11) is 0. The number of hydrogen-bond acceptors (Lipinski definition) is 2. The molecule has 1 amide bonds. The molecule has 0 bridgehead atoms. The van der Waals surface area contributed by atoms with Gasteiger partial charge in [-0.25, -0.2) is 0 Å². The first-order valence-corrected chi connectivity index (χ1v) is 7.72. The molecule has 0 saturated heterocycles. The van der Waals surface area contributed by atoms with Crippen molar-refractivity contribution in [3.63, 3.8) is 0 Å². The third-order valence-electron chi connectivity index (χ3n) is 3.13. The maximum Gasteiger partial charge on any atom is 0.238 e. The highest BCUT2D eigenvalue weighted by Gasteiger charge is 2.16. The van der Waals surface area contributed by atoms with Crippen LogP contribution in [-0.4, -0.2) is 18.5 Å². The van der Waals surface area contributed by atoms with Crippen LogP contribution in [0.4, 0.5) is 5.69 Å². The summed E-state index contributed by atoms with van der Waals surface area (Å²) in [5.41, 5.74) is 0.788. The summed E-state index contributed by atoms with van der Waals surface area (Å²) >= 11 is 6.86. The topological polar surface area (TPSA) is 41.1 Å². The van der Waals surface area contributed by atoms with Gasteiger partial charge >= 0.3 is 0 Å². The Morgan fingerprint density at radius 1 is 1.22 bits per heavy atom. The van der Waals surface area contributed by atoms with Crippen LogP contribution in [0.3, 0.4) is 0 Å². The lowest BCUT2D eigenvalue weighted by molar-refractivity contribution is -0.115. The van der Waals surface area contributed by atoms with E-state index in [1.54, 1.807) is 0 Å². The average molecular weight is 376 g/mol. The zero-order valence-electron chi connectivity index (χ0n) is 10.0. The highest BCUT2D eigenvalue weighted by molar-refractivity contribution is 9.11. The van der Waals surface area contributed by atoms with Crippen molar-refractivity contribution in [2.75, 3.05) is 11.9 Å². The van der Waals surface area contributed by atoms with Crippen LogP contribution < -0.4 is 10.6 Å². The van der Waals surface area contributed by atoms with Gasteiger partial charge in [-0.3, -0.25) is 4.79 Å². The summed E-state index contributed by atoms with van der Waals surface area (Å²) < 4.78 is 1.76. The van der Waals surface area contributed by atoms with E-state index in [9.17, 15) is 4.79 Å². The first kappa shape index (κ1) is 14.0. The maximum atomic E-state index is 11.9. The Kier molecular flexibility index (Phi) is 5.21. The first-order valence-electron chi connectivity index (χ1n) is 6.14. The number of para-hydroxylation sites is 1. The standard InChI is InChI=1S/C13H16Br2N2O/c14-10-6-3-7-11(15)13(10)17-12(18)8-16-9-4-1-2-5-9/h3,6-7,9,16H,1-2,4-5,8H2,(H,17,18). The van der Waals surface area contributed by atoms with Gasteiger partial charge in [-0.1, -0.05) is 18.9 Å². The fraction of sp³-hybridized carbons (Fsp3) is 0.462. The van der Waals surface area contributed by atoms with Crippen molar-refractivity contribution >= 4 is 43.5 Å². The number of hydrogen-bond donors (Lipinski definition) is 2. The molecule has 0 radical (unpaired) electrons. The molecular weight excluding hydrogens is 360 g/mol. The molecule has 5 heteroatoms. The Hall–Kier alpha value is -0.390. The normalized spacial score (nSPS) is 15.9. The average Bonchev–Trinajstić information content (AvgIpc) is 2.84.